The molecule has 4 unspecified atom stereocenters. The van der Waals surface area contributed by atoms with Crippen molar-refractivity contribution >= 4 is 29.1 Å². The summed E-state index contributed by atoms with van der Waals surface area (Å²) >= 11 is 6.29. The van der Waals surface area contributed by atoms with Crippen LogP contribution < -0.4 is 21.1 Å². The Labute approximate surface area is 163 Å². The molecular formula is C19H23ClN4O3. The summed E-state index contributed by atoms with van der Waals surface area (Å²) in [6, 6.07) is 7.25. The molecule has 4 N–H and O–H groups in total. The molecular weight excluding hydrogens is 368 g/mol. The number of fused-ring (bicyclic) bond motifs is 1. The number of rotatable bonds is 6. The summed E-state index contributed by atoms with van der Waals surface area (Å²) in [5.74, 6) is 0.0122. The van der Waals surface area contributed by atoms with Gasteiger partial charge in [-0.1, -0.05) is 0 Å². The van der Waals surface area contributed by atoms with Crippen molar-refractivity contribution in [1.29, 1.82) is 5.26 Å². The Morgan fingerprint density at radius 2 is 2.22 bits per heavy atom. The molecule has 0 bridgehead atoms. The number of anilines is 1. The van der Waals surface area contributed by atoms with Gasteiger partial charge in [0, 0.05) is 29.7 Å². The van der Waals surface area contributed by atoms with Crippen LogP contribution in [0.1, 0.15) is 31.2 Å². The number of amides is 2. The van der Waals surface area contributed by atoms with Gasteiger partial charge in [-0.3, -0.25) is 9.59 Å². The average molecular weight is 391 g/mol. The monoisotopic (exact) mass is 390 g/mol. The van der Waals surface area contributed by atoms with Crippen molar-refractivity contribution in [3.63, 3.8) is 0 Å². The largest absolute Gasteiger partial charge is 0.482 e. The van der Waals surface area contributed by atoms with E-state index in [1.807, 2.05) is 6.07 Å². The van der Waals surface area contributed by atoms with Gasteiger partial charge in [0.1, 0.15) is 11.8 Å². The van der Waals surface area contributed by atoms with Crippen LogP contribution in [0.5, 0.6) is 5.75 Å². The molecule has 2 fully saturated rings. The molecule has 1 heterocycles. The van der Waals surface area contributed by atoms with Crippen LogP contribution in [0, 0.1) is 23.2 Å². The second-order valence-electron chi connectivity index (χ2n) is 7.18. The molecule has 1 aliphatic carbocycles. The molecule has 1 aromatic rings. The van der Waals surface area contributed by atoms with E-state index >= 15 is 0 Å². The van der Waals surface area contributed by atoms with Crippen molar-refractivity contribution < 1.29 is 14.3 Å². The number of halogens is 1. The quantitative estimate of drug-likeness (QED) is 0.639. The van der Waals surface area contributed by atoms with E-state index in [9.17, 15) is 9.59 Å². The molecule has 2 amide bonds. The fourth-order valence-corrected chi connectivity index (χ4v) is 4.20. The topological polar surface area (TPSA) is 117 Å². The molecule has 0 aromatic heterocycles. The zero-order valence-electron chi connectivity index (χ0n) is 14.9. The number of nitrogens with zero attached hydrogens (tertiary/aromatic N) is 1. The second kappa shape index (κ2) is 8.49. The first kappa shape index (κ1) is 19.3. The molecule has 27 heavy (non-hydrogen) atoms. The van der Waals surface area contributed by atoms with Crippen molar-refractivity contribution in [3.05, 3.63) is 23.8 Å². The molecule has 7 nitrogen and oxygen atoms in total. The minimum absolute atomic E-state index is 0.0654. The Morgan fingerprint density at radius 1 is 1.41 bits per heavy atom. The lowest BCUT2D eigenvalue weighted by Gasteiger charge is -2.41. The zero-order valence-corrected chi connectivity index (χ0v) is 15.7. The Hall–Kier alpha value is -2.46. The van der Waals surface area contributed by atoms with E-state index in [2.05, 4.69) is 10.6 Å². The van der Waals surface area contributed by atoms with Crippen molar-refractivity contribution in [3.8, 4) is 11.8 Å². The maximum absolute atomic E-state index is 12.4. The number of ether oxygens (including phenoxy) is 1. The Kier molecular flexibility index (Phi) is 6.07. The second-order valence-corrected chi connectivity index (χ2v) is 7.79. The van der Waals surface area contributed by atoms with E-state index in [4.69, 9.17) is 27.3 Å². The summed E-state index contributed by atoms with van der Waals surface area (Å²) in [6.45, 7) is 0.176. The van der Waals surface area contributed by atoms with Gasteiger partial charge in [0.25, 0.3) is 5.91 Å². The summed E-state index contributed by atoms with van der Waals surface area (Å²) in [4.78, 5) is 23.3. The number of carbonyl (C=O) groups excluding carboxylic acids is 2. The molecule has 0 radical (unpaired) electrons. The van der Waals surface area contributed by atoms with Crippen molar-refractivity contribution in [2.24, 2.45) is 17.6 Å². The summed E-state index contributed by atoms with van der Waals surface area (Å²) < 4.78 is 5.29. The van der Waals surface area contributed by atoms with Crippen LogP contribution in [0.2, 0.25) is 0 Å². The van der Waals surface area contributed by atoms with Gasteiger partial charge in [-0.25, -0.2) is 0 Å². The fourth-order valence-electron chi connectivity index (χ4n) is 3.84. The smallest absolute Gasteiger partial charge is 0.255 e. The first-order valence-electron chi connectivity index (χ1n) is 9.10. The van der Waals surface area contributed by atoms with Gasteiger partial charge in [-0.2, -0.15) is 5.26 Å². The Morgan fingerprint density at radius 3 is 2.96 bits per heavy atom. The zero-order chi connectivity index (χ0) is 19.4. The predicted molar refractivity (Wildman–Crippen MR) is 101 cm³/mol. The lowest BCUT2D eigenvalue weighted by molar-refractivity contribution is -0.129. The number of carbonyl (C=O) groups is 2. The maximum Gasteiger partial charge on any atom is 0.255 e. The number of primary amides is 1. The SMILES string of the molecule is N#Cc1ccc(NCC2CC3CC(Cl)CCC3NC2=O)cc1OCC(N)=O. The standard InChI is InChI=1S/C19H23ClN4O3/c20-14-2-4-16-12(6-14)5-13(19(26)24-16)9-23-15-3-1-11(8-21)17(7-15)27-10-18(22)25/h1,3,7,12-14,16,23H,2,4-6,9-10H2,(H2,22,25)(H,24,26). The first-order chi connectivity index (χ1) is 13.0. The number of nitrogens with one attached hydrogen (secondary N) is 2. The van der Waals surface area contributed by atoms with Crippen molar-refractivity contribution in [2.45, 2.75) is 37.1 Å². The van der Waals surface area contributed by atoms with Crippen LogP contribution in [0.3, 0.4) is 0 Å². The number of nitrogens with two attached hydrogens (primary N) is 1. The Bertz CT molecular complexity index is 764. The average Bonchev–Trinajstić information content (AvgIpc) is 2.65. The molecule has 3 rings (SSSR count). The molecule has 1 saturated carbocycles. The summed E-state index contributed by atoms with van der Waals surface area (Å²) in [7, 11) is 0. The van der Waals surface area contributed by atoms with E-state index in [1.165, 1.54) is 0 Å². The van der Waals surface area contributed by atoms with Crippen LogP contribution in [0.15, 0.2) is 18.2 Å². The molecule has 8 heteroatoms. The highest BCUT2D eigenvalue weighted by atomic mass is 35.5. The highest BCUT2D eigenvalue weighted by Crippen LogP contribution is 2.35. The van der Waals surface area contributed by atoms with Crippen LogP contribution in [0.25, 0.3) is 0 Å². The number of hydrogen-bond acceptors (Lipinski definition) is 5. The van der Waals surface area contributed by atoms with Crippen LogP contribution in [-0.4, -0.2) is 36.4 Å². The van der Waals surface area contributed by atoms with Crippen molar-refractivity contribution in [2.75, 3.05) is 18.5 Å². The van der Waals surface area contributed by atoms with Gasteiger partial charge < -0.3 is 21.1 Å². The third-order valence-electron chi connectivity index (χ3n) is 5.23. The van der Waals surface area contributed by atoms with E-state index in [-0.39, 0.29) is 35.6 Å². The summed E-state index contributed by atoms with van der Waals surface area (Å²) in [5.41, 5.74) is 6.11. The van der Waals surface area contributed by atoms with Crippen LogP contribution >= 0.6 is 11.6 Å². The maximum atomic E-state index is 12.4. The van der Waals surface area contributed by atoms with E-state index < -0.39 is 5.91 Å². The molecule has 4 atom stereocenters. The predicted octanol–water partition coefficient (Wildman–Crippen LogP) is 1.75. The number of hydrogen-bond donors (Lipinski definition) is 3. The van der Waals surface area contributed by atoms with Crippen molar-refractivity contribution in [1.82, 2.24) is 5.32 Å². The normalized spacial score (nSPS) is 27.0. The number of alkyl halides is 1. The molecule has 144 valence electrons. The third kappa shape index (κ3) is 4.83. The highest BCUT2D eigenvalue weighted by Gasteiger charge is 2.38. The minimum atomic E-state index is -0.615. The number of benzene rings is 1. The van der Waals surface area contributed by atoms with Crippen LogP contribution in [0.4, 0.5) is 5.69 Å². The third-order valence-corrected chi connectivity index (χ3v) is 5.63. The van der Waals surface area contributed by atoms with Gasteiger partial charge in [0.05, 0.1) is 11.5 Å². The fraction of sp³-hybridized carbons (Fsp3) is 0.526. The van der Waals surface area contributed by atoms with Gasteiger partial charge in [0.2, 0.25) is 5.91 Å². The lowest BCUT2D eigenvalue weighted by Crippen LogP contribution is -2.53. The Balaban J connectivity index is 1.62. The summed E-state index contributed by atoms with van der Waals surface area (Å²) in [5, 5.41) is 15.7. The van der Waals surface area contributed by atoms with Gasteiger partial charge in [0.15, 0.2) is 6.61 Å². The number of nitriles is 1. The first-order valence-corrected chi connectivity index (χ1v) is 9.53. The van der Waals surface area contributed by atoms with E-state index in [1.54, 1.807) is 18.2 Å². The van der Waals surface area contributed by atoms with Gasteiger partial charge >= 0.3 is 0 Å². The van der Waals surface area contributed by atoms with E-state index in [0.717, 1.165) is 25.7 Å². The minimum Gasteiger partial charge on any atom is -0.482 e. The van der Waals surface area contributed by atoms with Crippen LogP contribution in [-0.2, 0) is 9.59 Å². The van der Waals surface area contributed by atoms with Gasteiger partial charge in [-0.15, -0.1) is 11.6 Å². The van der Waals surface area contributed by atoms with Gasteiger partial charge in [-0.05, 0) is 43.7 Å². The molecule has 2 aliphatic rings. The molecule has 1 aliphatic heterocycles. The molecule has 1 aromatic carbocycles. The molecule has 1 saturated heterocycles. The highest BCUT2D eigenvalue weighted by molar-refractivity contribution is 6.20. The number of piperidine rings is 1. The lowest BCUT2D eigenvalue weighted by atomic mass is 9.75. The summed E-state index contributed by atoms with van der Waals surface area (Å²) in [6.07, 6.45) is 3.64. The van der Waals surface area contributed by atoms with E-state index in [0.29, 0.717) is 23.7 Å². The molecule has 0 spiro atoms.